The molecule has 5 nitrogen and oxygen atoms in total. The van der Waals surface area contributed by atoms with Crippen LogP contribution in [0.2, 0.25) is 0 Å². The number of nitrogens with one attached hydrogen (secondary N) is 1. The van der Waals surface area contributed by atoms with Crippen molar-refractivity contribution in [3.8, 4) is 11.1 Å². The molecule has 1 aliphatic heterocycles. The average molecular weight is 441 g/mol. The molecule has 4 aromatic rings. The van der Waals surface area contributed by atoms with Crippen LogP contribution < -0.4 is 4.90 Å². The van der Waals surface area contributed by atoms with E-state index in [1.54, 1.807) is 41.7 Å². The normalized spacial score (nSPS) is 14.5. The van der Waals surface area contributed by atoms with Crippen molar-refractivity contribution in [2.45, 2.75) is 19.3 Å². The molecule has 5 rings (SSSR count). The van der Waals surface area contributed by atoms with Gasteiger partial charge in [-0.25, -0.2) is 9.37 Å². The topological polar surface area (TPSA) is 52.2 Å². The molecule has 0 radical (unpaired) electrons. The first-order valence-electron chi connectivity index (χ1n) is 11.1. The Balaban J connectivity index is 1.48. The molecule has 1 unspecified atom stereocenters. The first-order valence-corrected chi connectivity index (χ1v) is 11.1. The quantitative estimate of drug-likeness (QED) is 0.468. The molecule has 1 atom stereocenters. The summed E-state index contributed by atoms with van der Waals surface area (Å²) >= 11 is 0. The summed E-state index contributed by atoms with van der Waals surface area (Å²) in [4.78, 5) is 24.3. The van der Waals surface area contributed by atoms with Crippen LogP contribution in [-0.2, 0) is 17.9 Å². The Morgan fingerprint density at radius 3 is 2.45 bits per heavy atom. The predicted octanol–water partition coefficient (Wildman–Crippen LogP) is 5.14. The lowest BCUT2D eigenvalue weighted by Crippen LogP contribution is -2.37. The lowest BCUT2D eigenvalue weighted by Gasteiger charge is -2.25. The number of rotatable bonds is 5. The molecular weight excluding hydrogens is 415 g/mol. The third-order valence-electron chi connectivity index (χ3n) is 6.07. The number of fused-ring (bicyclic) bond motifs is 1. The zero-order chi connectivity index (χ0) is 22.6. The van der Waals surface area contributed by atoms with E-state index in [9.17, 15) is 4.79 Å². The van der Waals surface area contributed by atoms with Gasteiger partial charge in [0.15, 0.2) is 0 Å². The van der Waals surface area contributed by atoms with Crippen LogP contribution in [0.1, 0.15) is 23.0 Å². The van der Waals surface area contributed by atoms with E-state index in [1.165, 1.54) is 0 Å². The number of hydrogen-bond acceptors (Lipinski definition) is 3. The minimum Gasteiger partial charge on any atom is -0.364 e. The predicted molar refractivity (Wildman–Crippen MR) is 127 cm³/mol. The Morgan fingerprint density at radius 2 is 1.73 bits per heavy atom. The number of anilines is 1. The Labute approximate surface area is 192 Å². The van der Waals surface area contributed by atoms with Crippen molar-refractivity contribution in [3.05, 3.63) is 108 Å². The fraction of sp³-hybridized carbons (Fsp3) is 0.185. The molecule has 1 amide bonds. The van der Waals surface area contributed by atoms with E-state index in [0.717, 1.165) is 28.1 Å². The maximum absolute atomic E-state index is 15.2. The second-order valence-electron chi connectivity index (χ2n) is 8.24. The highest BCUT2D eigenvalue weighted by Crippen LogP contribution is 2.32. The van der Waals surface area contributed by atoms with E-state index in [2.05, 4.69) is 45.2 Å². The van der Waals surface area contributed by atoms with Gasteiger partial charge in [-0.05, 0) is 34.4 Å². The summed E-state index contributed by atoms with van der Waals surface area (Å²) in [6.45, 7) is 2.04. The smallest absolute Gasteiger partial charge is 0.262 e. The summed E-state index contributed by atoms with van der Waals surface area (Å²) in [5, 5.41) is 0. The van der Waals surface area contributed by atoms with Crippen molar-refractivity contribution in [1.29, 1.82) is 0 Å². The Hall–Kier alpha value is -3.93. The number of nitrogens with zero attached hydrogens (tertiary/aromatic N) is 3. The highest BCUT2D eigenvalue weighted by Gasteiger charge is 2.29. The molecule has 3 aromatic carbocycles. The lowest BCUT2D eigenvalue weighted by atomic mass is 10.0. The van der Waals surface area contributed by atoms with Crippen LogP contribution in [0.15, 0.2) is 91.4 Å². The van der Waals surface area contributed by atoms with E-state index in [0.29, 0.717) is 31.7 Å². The number of carbonyl (C=O) groups excluding carboxylic acids is 1. The molecule has 0 aliphatic carbocycles. The van der Waals surface area contributed by atoms with Crippen molar-refractivity contribution >= 4 is 11.6 Å². The van der Waals surface area contributed by atoms with E-state index < -0.39 is 12.1 Å². The number of H-pyrrole nitrogens is 1. The number of aromatic nitrogens is 2. The molecule has 1 aliphatic rings. The van der Waals surface area contributed by atoms with Gasteiger partial charge in [0.05, 0.1) is 18.6 Å². The number of hydrogen-bond donors (Lipinski definition) is 1. The molecule has 0 saturated heterocycles. The Morgan fingerprint density at radius 1 is 0.970 bits per heavy atom. The van der Waals surface area contributed by atoms with Gasteiger partial charge in [0.25, 0.3) is 5.91 Å². The molecule has 2 heterocycles. The molecule has 166 valence electrons. The minimum absolute atomic E-state index is 0.363. The van der Waals surface area contributed by atoms with Crippen molar-refractivity contribution in [2.75, 3.05) is 18.0 Å². The van der Waals surface area contributed by atoms with Gasteiger partial charge in [-0.3, -0.25) is 4.79 Å². The fourth-order valence-corrected chi connectivity index (χ4v) is 4.33. The van der Waals surface area contributed by atoms with Gasteiger partial charge in [-0.1, -0.05) is 66.7 Å². The van der Waals surface area contributed by atoms with Crippen LogP contribution in [0.4, 0.5) is 10.1 Å². The highest BCUT2D eigenvalue weighted by atomic mass is 19.1. The molecule has 6 heteroatoms. The third-order valence-corrected chi connectivity index (χ3v) is 6.07. The summed E-state index contributed by atoms with van der Waals surface area (Å²) in [5.41, 5.74) is 5.61. The SMILES string of the molecule is O=C(C(F)c1ccccc1)N1CCN(Cc2cnc[nH]2)c2ccc(-c3ccccc3)cc2C1. The van der Waals surface area contributed by atoms with Crippen LogP contribution in [0.5, 0.6) is 0 Å². The maximum Gasteiger partial charge on any atom is 0.262 e. The monoisotopic (exact) mass is 440 g/mol. The van der Waals surface area contributed by atoms with Crippen LogP contribution in [0, 0.1) is 0 Å². The zero-order valence-electron chi connectivity index (χ0n) is 18.2. The van der Waals surface area contributed by atoms with Gasteiger partial charge in [0.1, 0.15) is 0 Å². The van der Waals surface area contributed by atoms with E-state index in [4.69, 9.17) is 0 Å². The first-order chi connectivity index (χ1) is 16.2. The number of aromatic amines is 1. The summed E-state index contributed by atoms with van der Waals surface area (Å²) in [6, 6.07) is 25.1. The van der Waals surface area contributed by atoms with Crippen LogP contribution in [0.25, 0.3) is 11.1 Å². The number of halogens is 1. The molecule has 0 saturated carbocycles. The molecule has 1 N–H and O–H groups in total. The van der Waals surface area contributed by atoms with Gasteiger partial charge in [0, 0.05) is 31.5 Å². The Bertz CT molecular complexity index is 1210. The standard InChI is InChI=1S/C27H25FN4O/c28-26(21-9-5-2-6-10-21)27(33)32-14-13-31(18-24-16-29-19-30-24)25-12-11-22(15-23(25)17-32)20-7-3-1-4-8-20/h1-12,15-16,19,26H,13-14,17-18H2,(H,29,30). The average Bonchev–Trinajstić information content (AvgIpc) is 3.32. The fourth-order valence-electron chi connectivity index (χ4n) is 4.33. The summed E-state index contributed by atoms with van der Waals surface area (Å²) in [7, 11) is 0. The van der Waals surface area contributed by atoms with Crippen LogP contribution in [0.3, 0.4) is 0 Å². The van der Waals surface area contributed by atoms with Gasteiger partial charge in [0.2, 0.25) is 6.17 Å². The van der Waals surface area contributed by atoms with E-state index in [-0.39, 0.29) is 0 Å². The van der Waals surface area contributed by atoms with E-state index in [1.807, 2.05) is 24.3 Å². The second-order valence-corrected chi connectivity index (χ2v) is 8.24. The molecule has 33 heavy (non-hydrogen) atoms. The zero-order valence-corrected chi connectivity index (χ0v) is 18.2. The molecule has 1 aromatic heterocycles. The summed E-state index contributed by atoms with van der Waals surface area (Å²) in [6.07, 6.45) is 1.79. The van der Waals surface area contributed by atoms with Gasteiger partial charge in [-0.15, -0.1) is 0 Å². The number of alkyl halides is 1. The number of carbonyl (C=O) groups is 1. The van der Waals surface area contributed by atoms with Crippen LogP contribution >= 0.6 is 0 Å². The summed E-state index contributed by atoms with van der Waals surface area (Å²) < 4.78 is 15.2. The van der Waals surface area contributed by atoms with Crippen molar-refractivity contribution in [1.82, 2.24) is 14.9 Å². The van der Waals surface area contributed by atoms with Gasteiger partial charge in [-0.2, -0.15) is 0 Å². The third kappa shape index (κ3) is 4.51. The largest absolute Gasteiger partial charge is 0.364 e. The number of imidazole rings is 1. The molecule has 0 fully saturated rings. The maximum atomic E-state index is 15.2. The lowest BCUT2D eigenvalue weighted by molar-refractivity contribution is -0.137. The van der Waals surface area contributed by atoms with Crippen LogP contribution in [-0.4, -0.2) is 33.9 Å². The second kappa shape index (κ2) is 9.28. The highest BCUT2D eigenvalue weighted by molar-refractivity contribution is 5.83. The molecule has 0 bridgehead atoms. The van der Waals surface area contributed by atoms with Crippen molar-refractivity contribution in [3.63, 3.8) is 0 Å². The van der Waals surface area contributed by atoms with Gasteiger partial charge < -0.3 is 14.8 Å². The molecular formula is C27H25FN4O. The van der Waals surface area contributed by atoms with Crippen molar-refractivity contribution in [2.24, 2.45) is 0 Å². The van der Waals surface area contributed by atoms with Crippen molar-refractivity contribution < 1.29 is 9.18 Å². The molecule has 0 spiro atoms. The minimum atomic E-state index is -1.67. The first kappa shape index (κ1) is 20.9. The summed E-state index contributed by atoms with van der Waals surface area (Å²) in [5.74, 6) is -0.499. The number of amides is 1. The van der Waals surface area contributed by atoms with E-state index >= 15 is 4.39 Å². The Kier molecular flexibility index (Phi) is 5.89. The number of benzene rings is 3. The van der Waals surface area contributed by atoms with Gasteiger partial charge >= 0.3 is 0 Å².